The quantitative estimate of drug-likeness (QED) is 0.134. The molecule has 0 amide bonds. The molecule has 1 saturated heterocycles. The average molecular weight is 776 g/mol. The summed E-state index contributed by atoms with van der Waals surface area (Å²) in [6.07, 6.45) is -7.92. The van der Waals surface area contributed by atoms with E-state index in [1.807, 2.05) is 19.9 Å². The van der Waals surface area contributed by atoms with Crippen LogP contribution in [0.15, 0.2) is 83.5 Å². The van der Waals surface area contributed by atoms with Crippen LogP contribution in [-0.4, -0.2) is 105 Å². The Labute approximate surface area is 326 Å². The van der Waals surface area contributed by atoms with Gasteiger partial charge in [-0.3, -0.25) is 9.59 Å². The Morgan fingerprint density at radius 2 is 1.61 bits per heavy atom. The molecule has 1 heterocycles. The topological polar surface area (TPSA) is 198 Å². The van der Waals surface area contributed by atoms with Gasteiger partial charge in [-0.25, -0.2) is 9.59 Å². The second kappa shape index (κ2) is 15.3. The van der Waals surface area contributed by atoms with Gasteiger partial charge in [-0.05, 0) is 56.5 Å². The number of carbonyl (C=O) groups is 4. The summed E-state index contributed by atoms with van der Waals surface area (Å²) in [4.78, 5) is 55.9. The van der Waals surface area contributed by atoms with Gasteiger partial charge in [0.2, 0.25) is 0 Å². The van der Waals surface area contributed by atoms with E-state index in [2.05, 4.69) is 5.32 Å². The van der Waals surface area contributed by atoms with Gasteiger partial charge in [-0.1, -0.05) is 74.0 Å². The molecule has 2 aromatic carbocycles. The number of rotatable bonds is 10. The Hall–Kier alpha value is -4.24. The van der Waals surface area contributed by atoms with Gasteiger partial charge in [0.15, 0.2) is 17.5 Å². The Morgan fingerprint density at radius 1 is 0.982 bits per heavy atom. The first-order chi connectivity index (χ1) is 26.3. The smallest absolute Gasteiger partial charge is 0.338 e. The Bertz CT molecular complexity index is 1910. The Balaban J connectivity index is 1.50. The second-order valence-electron chi connectivity index (χ2n) is 16.6. The number of nitrogens with one attached hydrogen (secondary N) is 1. The molecule has 3 aliphatic carbocycles. The van der Waals surface area contributed by atoms with E-state index in [9.17, 15) is 39.6 Å². The van der Waals surface area contributed by atoms with Crippen LogP contribution in [0, 0.1) is 16.7 Å². The number of ether oxygens (including phenoxy) is 4. The maximum Gasteiger partial charge on any atom is 0.338 e. The van der Waals surface area contributed by atoms with Gasteiger partial charge in [0, 0.05) is 31.7 Å². The van der Waals surface area contributed by atoms with E-state index in [0.29, 0.717) is 12.1 Å². The van der Waals surface area contributed by atoms with Gasteiger partial charge in [0.05, 0.1) is 35.6 Å². The molecule has 13 nitrogen and oxygen atoms in total. The molecule has 11 atom stereocenters. The van der Waals surface area contributed by atoms with Crippen LogP contribution in [0.1, 0.15) is 83.3 Å². The molecule has 2 aromatic rings. The van der Waals surface area contributed by atoms with Crippen LogP contribution in [-0.2, 0) is 33.3 Å². The van der Waals surface area contributed by atoms with E-state index in [-0.39, 0.29) is 29.7 Å². The van der Waals surface area contributed by atoms with Gasteiger partial charge in [-0.15, -0.1) is 0 Å². The van der Waals surface area contributed by atoms with E-state index in [4.69, 9.17) is 18.9 Å². The predicted octanol–water partition coefficient (Wildman–Crippen LogP) is 3.29. The van der Waals surface area contributed by atoms with Crippen LogP contribution < -0.4 is 5.32 Å². The van der Waals surface area contributed by atoms with Gasteiger partial charge in [0.1, 0.15) is 30.0 Å². The highest BCUT2D eigenvalue weighted by Crippen LogP contribution is 2.64. The summed E-state index contributed by atoms with van der Waals surface area (Å²) >= 11 is 0. The highest BCUT2D eigenvalue weighted by Gasteiger charge is 2.78. The van der Waals surface area contributed by atoms with Crippen LogP contribution in [0.4, 0.5) is 0 Å². The summed E-state index contributed by atoms with van der Waals surface area (Å²) in [5.74, 6) is -5.00. The number of hydrogen-bond donors (Lipinski definition) is 5. The molecule has 1 aliphatic heterocycles. The summed E-state index contributed by atoms with van der Waals surface area (Å²) < 4.78 is 24.3. The van der Waals surface area contributed by atoms with Gasteiger partial charge in [-0.2, -0.15) is 0 Å². The fraction of sp³-hybridized carbons (Fsp3) is 0.535. The number of aliphatic hydroxyl groups excluding tert-OH is 3. The lowest BCUT2D eigenvalue weighted by molar-refractivity contribution is -0.346. The standard InChI is InChI=1S/C43H53NO12/c1-23(2)18-19-44-32(26-14-10-8-11-15-26)34(48)39(51)54-28-21-43(52)37(55-38(50)27-16-12-9-13-17-27)35-41(7,36(49)33(47)31(24(28)3)40(43,5)6)29(46)20-30-42(35,22-53-30)56-25(4)45/h8-18,28-30,32-35,37,44,46-48,52H,19-22H2,1-7H3/t28-,29-,30+,32-,33+,34+,35?,37?,41+,42-,43+/m0/s1. The molecule has 6 rings (SSSR count). The number of aliphatic hydroxyl groups is 4. The lowest BCUT2D eigenvalue weighted by Crippen LogP contribution is -2.81. The third-order valence-electron chi connectivity index (χ3n) is 12.7. The van der Waals surface area contributed by atoms with Crippen molar-refractivity contribution < 1.29 is 58.6 Å². The van der Waals surface area contributed by atoms with E-state index < -0.39 is 101 Å². The molecule has 2 unspecified atom stereocenters. The first kappa shape index (κ1) is 41.4. The van der Waals surface area contributed by atoms with Crippen molar-refractivity contribution in [2.45, 2.75) is 115 Å². The SMILES string of the molecule is CC(=O)O[C@@]12CO[C@@H]1C[C@H](O)[C@@]1(C)C(=O)[C@H](O)C3=C(C)[C@@H](OC(=O)[C@H](O)[C@@H](NCC=C(C)C)c4ccccc4)C[C@@](O)(C(OC(=O)c4ccccc4)C12)C3(C)C. The largest absolute Gasteiger partial charge is 0.456 e. The Morgan fingerprint density at radius 3 is 2.18 bits per heavy atom. The van der Waals surface area contributed by atoms with Gasteiger partial charge < -0.3 is 44.7 Å². The number of benzene rings is 2. The number of carbonyl (C=O) groups excluding carboxylic acids is 4. The third-order valence-corrected chi connectivity index (χ3v) is 12.7. The molecule has 2 bridgehead atoms. The van der Waals surface area contributed by atoms with Crippen LogP contribution in [0.5, 0.6) is 0 Å². The number of ketones is 1. The van der Waals surface area contributed by atoms with Crippen molar-refractivity contribution in [3.05, 3.63) is 94.6 Å². The minimum absolute atomic E-state index is 0.00554. The third kappa shape index (κ3) is 6.71. The minimum Gasteiger partial charge on any atom is -0.456 e. The molecule has 13 heteroatoms. The molecule has 302 valence electrons. The molecule has 56 heavy (non-hydrogen) atoms. The average Bonchev–Trinajstić information content (AvgIpc) is 3.15. The molecule has 2 saturated carbocycles. The van der Waals surface area contributed by atoms with Crippen molar-refractivity contribution in [1.29, 1.82) is 0 Å². The normalized spacial score (nSPS) is 34.2. The molecule has 0 aromatic heterocycles. The summed E-state index contributed by atoms with van der Waals surface area (Å²) in [5, 5.41) is 52.2. The van der Waals surface area contributed by atoms with Gasteiger partial charge >= 0.3 is 17.9 Å². The van der Waals surface area contributed by atoms with E-state index in [0.717, 1.165) is 5.57 Å². The number of Topliss-reactive ketones (excluding diaryl/α,β-unsaturated/α-hetero) is 1. The van der Waals surface area contributed by atoms with Gasteiger partial charge in [0.25, 0.3) is 0 Å². The molecule has 0 radical (unpaired) electrons. The maximum absolute atomic E-state index is 14.9. The number of fused-ring (bicyclic) bond motifs is 5. The van der Waals surface area contributed by atoms with Crippen LogP contribution in [0.3, 0.4) is 0 Å². The maximum atomic E-state index is 14.9. The fourth-order valence-corrected chi connectivity index (χ4v) is 9.58. The van der Waals surface area contributed by atoms with E-state index >= 15 is 0 Å². The highest BCUT2D eigenvalue weighted by atomic mass is 16.6. The molecular formula is C43H53NO12. The number of allylic oxidation sites excluding steroid dienone is 1. The monoisotopic (exact) mass is 775 g/mol. The van der Waals surface area contributed by atoms with Crippen molar-refractivity contribution in [3.8, 4) is 0 Å². The summed E-state index contributed by atoms with van der Waals surface area (Å²) in [5.41, 5.74) is -5.50. The number of esters is 3. The van der Waals surface area contributed by atoms with Crippen molar-refractivity contribution in [3.63, 3.8) is 0 Å². The molecular weight excluding hydrogens is 722 g/mol. The van der Waals surface area contributed by atoms with Crippen molar-refractivity contribution in [1.82, 2.24) is 5.32 Å². The predicted molar refractivity (Wildman–Crippen MR) is 202 cm³/mol. The van der Waals surface area contributed by atoms with Crippen LogP contribution in [0.25, 0.3) is 0 Å². The molecule has 0 spiro atoms. The first-order valence-electron chi connectivity index (χ1n) is 19.0. The molecule has 4 aliphatic rings. The minimum atomic E-state index is -2.28. The Kier molecular flexibility index (Phi) is 11.3. The lowest BCUT2D eigenvalue weighted by atomic mass is 9.44. The van der Waals surface area contributed by atoms with Crippen LogP contribution >= 0.6 is 0 Å². The number of hydrogen-bond acceptors (Lipinski definition) is 13. The molecule has 5 N–H and O–H groups in total. The van der Waals surface area contributed by atoms with Crippen LogP contribution in [0.2, 0.25) is 0 Å². The van der Waals surface area contributed by atoms with E-state index in [1.165, 1.54) is 26.0 Å². The first-order valence-corrected chi connectivity index (χ1v) is 19.0. The van der Waals surface area contributed by atoms with Crippen molar-refractivity contribution in [2.24, 2.45) is 16.7 Å². The zero-order chi connectivity index (χ0) is 41.0. The van der Waals surface area contributed by atoms with E-state index in [1.54, 1.807) is 69.3 Å². The summed E-state index contributed by atoms with van der Waals surface area (Å²) in [7, 11) is 0. The molecule has 3 fully saturated rings. The second-order valence-corrected chi connectivity index (χ2v) is 16.6. The summed E-state index contributed by atoms with van der Waals surface area (Å²) in [6, 6.07) is 15.9. The lowest BCUT2D eigenvalue weighted by Gasteiger charge is -2.67. The zero-order valence-electron chi connectivity index (χ0n) is 32.9. The fourth-order valence-electron chi connectivity index (χ4n) is 9.58. The summed E-state index contributed by atoms with van der Waals surface area (Å²) in [6.45, 7) is 11.3. The van der Waals surface area contributed by atoms with Crippen molar-refractivity contribution >= 4 is 23.7 Å². The zero-order valence-corrected chi connectivity index (χ0v) is 32.9. The highest BCUT2D eigenvalue weighted by molar-refractivity contribution is 5.94. The van der Waals surface area contributed by atoms with Crippen molar-refractivity contribution in [2.75, 3.05) is 13.2 Å².